The molecule has 2 heteroatoms. The standard InChI is InChI=1S/C10H15NO/c1-2-10(12)11-7-8-4-3-5-9(11)6-8/h2,8-9H,1,3-7H2. The van der Waals surface area contributed by atoms with Crippen LogP contribution in [0.15, 0.2) is 12.7 Å². The average molecular weight is 165 g/mol. The lowest BCUT2D eigenvalue weighted by Gasteiger charge is -2.23. The van der Waals surface area contributed by atoms with Crippen LogP contribution in [-0.2, 0) is 4.79 Å². The third kappa shape index (κ3) is 1.15. The molecule has 1 aliphatic heterocycles. The molecule has 2 nitrogen and oxygen atoms in total. The largest absolute Gasteiger partial charge is 0.336 e. The van der Waals surface area contributed by atoms with E-state index in [-0.39, 0.29) is 5.91 Å². The molecule has 2 aliphatic rings. The zero-order valence-corrected chi connectivity index (χ0v) is 7.33. The van der Waals surface area contributed by atoms with Gasteiger partial charge in [-0.05, 0) is 31.3 Å². The van der Waals surface area contributed by atoms with Crippen LogP contribution >= 0.6 is 0 Å². The third-order valence-corrected chi connectivity index (χ3v) is 3.11. The molecule has 2 rings (SSSR count). The van der Waals surface area contributed by atoms with E-state index in [1.54, 1.807) is 0 Å². The molecule has 12 heavy (non-hydrogen) atoms. The fourth-order valence-electron chi connectivity index (χ4n) is 2.53. The zero-order valence-electron chi connectivity index (χ0n) is 7.33. The number of carbonyl (C=O) groups excluding carboxylic acids is 1. The highest BCUT2D eigenvalue weighted by Crippen LogP contribution is 2.35. The van der Waals surface area contributed by atoms with Crippen LogP contribution in [0.1, 0.15) is 25.7 Å². The predicted octanol–water partition coefficient (Wildman–Crippen LogP) is 1.57. The van der Waals surface area contributed by atoms with Crippen molar-refractivity contribution >= 4 is 5.91 Å². The van der Waals surface area contributed by atoms with Crippen molar-refractivity contribution in [3.05, 3.63) is 12.7 Å². The normalized spacial score (nSPS) is 33.5. The molecule has 1 heterocycles. The van der Waals surface area contributed by atoms with Crippen LogP contribution in [0.5, 0.6) is 0 Å². The summed E-state index contributed by atoms with van der Waals surface area (Å²) >= 11 is 0. The summed E-state index contributed by atoms with van der Waals surface area (Å²) in [6.45, 7) is 4.51. The lowest BCUT2D eigenvalue weighted by molar-refractivity contribution is -0.126. The van der Waals surface area contributed by atoms with E-state index in [4.69, 9.17) is 0 Å². The maximum absolute atomic E-state index is 11.4. The van der Waals surface area contributed by atoms with Gasteiger partial charge in [-0.3, -0.25) is 4.79 Å². The van der Waals surface area contributed by atoms with Crippen LogP contribution in [0.25, 0.3) is 0 Å². The van der Waals surface area contributed by atoms with Crippen molar-refractivity contribution in [3.8, 4) is 0 Å². The molecule has 0 aromatic rings. The summed E-state index contributed by atoms with van der Waals surface area (Å²) in [7, 11) is 0. The molecule has 1 saturated carbocycles. The first-order valence-corrected chi connectivity index (χ1v) is 4.74. The molecule has 0 N–H and O–H groups in total. The van der Waals surface area contributed by atoms with Gasteiger partial charge in [-0.25, -0.2) is 0 Å². The molecule has 66 valence electrons. The molecule has 0 radical (unpaired) electrons. The fraction of sp³-hybridized carbons (Fsp3) is 0.700. The molecule has 2 fully saturated rings. The van der Waals surface area contributed by atoms with Gasteiger partial charge < -0.3 is 4.90 Å². The number of amides is 1. The Morgan fingerprint density at radius 1 is 1.50 bits per heavy atom. The summed E-state index contributed by atoms with van der Waals surface area (Å²) in [6, 6.07) is 0.536. The minimum Gasteiger partial charge on any atom is -0.336 e. The quantitative estimate of drug-likeness (QED) is 0.540. The van der Waals surface area contributed by atoms with Crippen molar-refractivity contribution in [3.63, 3.8) is 0 Å². The topological polar surface area (TPSA) is 20.3 Å². The van der Waals surface area contributed by atoms with Crippen molar-refractivity contribution in [2.45, 2.75) is 31.7 Å². The van der Waals surface area contributed by atoms with Crippen molar-refractivity contribution in [1.82, 2.24) is 4.90 Å². The SMILES string of the molecule is C=CC(=O)N1CC2CCCC1C2. The predicted molar refractivity (Wildman–Crippen MR) is 47.7 cm³/mol. The van der Waals surface area contributed by atoms with Crippen LogP contribution in [0.2, 0.25) is 0 Å². The molecule has 1 saturated heterocycles. The van der Waals surface area contributed by atoms with Crippen LogP contribution in [0.4, 0.5) is 0 Å². The molecular formula is C10H15NO. The van der Waals surface area contributed by atoms with Gasteiger partial charge in [0.05, 0.1) is 0 Å². The smallest absolute Gasteiger partial charge is 0.246 e. The van der Waals surface area contributed by atoms with Gasteiger partial charge in [-0.15, -0.1) is 0 Å². The molecule has 1 aliphatic carbocycles. The van der Waals surface area contributed by atoms with E-state index >= 15 is 0 Å². The van der Waals surface area contributed by atoms with Crippen LogP contribution in [-0.4, -0.2) is 23.4 Å². The second-order valence-electron chi connectivity index (χ2n) is 3.88. The zero-order chi connectivity index (χ0) is 8.55. The first-order valence-electron chi connectivity index (χ1n) is 4.74. The Morgan fingerprint density at radius 2 is 2.33 bits per heavy atom. The number of carbonyl (C=O) groups is 1. The fourth-order valence-corrected chi connectivity index (χ4v) is 2.53. The van der Waals surface area contributed by atoms with Crippen LogP contribution in [0.3, 0.4) is 0 Å². The Morgan fingerprint density at radius 3 is 3.00 bits per heavy atom. The van der Waals surface area contributed by atoms with Crippen molar-refractivity contribution in [2.24, 2.45) is 5.92 Å². The van der Waals surface area contributed by atoms with Gasteiger partial charge >= 0.3 is 0 Å². The van der Waals surface area contributed by atoms with Gasteiger partial charge in [-0.1, -0.05) is 13.0 Å². The van der Waals surface area contributed by atoms with E-state index in [1.165, 1.54) is 31.8 Å². The van der Waals surface area contributed by atoms with Gasteiger partial charge in [0.25, 0.3) is 0 Å². The Balaban J connectivity index is 2.08. The Bertz CT molecular complexity index is 212. The summed E-state index contributed by atoms with van der Waals surface area (Å²) in [5.74, 6) is 0.914. The first-order chi connectivity index (χ1) is 5.81. The molecule has 1 amide bonds. The van der Waals surface area contributed by atoms with E-state index in [1.807, 2.05) is 4.90 Å². The van der Waals surface area contributed by atoms with E-state index in [0.29, 0.717) is 6.04 Å². The Hall–Kier alpha value is -0.790. The molecule has 0 spiro atoms. The Kier molecular flexibility index (Phi) is 1.91. The van der Waals surface area contributed by atoms with E-state index in [9.17, 15) is 4.79 Å². The Labute approximate surface area is 73.2 Å². The number of fused-ring (bicyclic) bond motifs is 2. The molecule has 2 atom stereocenters. The summed E-state index contributed by atoms with van der Waals surface area (Å²) in [6.07, 6.45) is 6.50. The monoisotopic (exact) mass is 165 g/mol. The average Bonchev–Trinajstić information content (AvgIpc) is 2.40. The van der Waals surface area contributed by atoms with Gasteiger partial charge in [0.2, 0.25) is 5.91 Å². The second kappa shape index (κ2) is 2.92. The molecule has 2 bridgehead atoms. The highest BCUT2D eigenvalue weighted by Gasteiger charge is 2.36. The van der Waals surface area contributed by atoms with Crippen molar-refractivity contribution < 1.29 is 4.79 Å². The number of nitrogens with zero attached hydrogens (tertiary/aromatic N) is 1. The van der Waals surface area contributed by atoms with Gasteiger partial charge in [-0.2, -0.15) is 0 Å². The van der Waals surface area contributed by atoms with Gasteiger partial charge in [0.15, 0.2) is 0 Å². The van der Waals surface area contributed by atoms with Crippen LogP contribution < -0.4 is 0 Å². The van der Waals surface area contributed by atoms with E-state index in [2.05, 4.69) is 6.58 Å². The van der Waals surface area contributed by atoms with Gasteiger partial charge in [0.1, 0.15) is 0 Å². The number of likely N-dealkylation sites (tertiary alicyclic amines) is 1. The lowest BCUT2D eigenvalue weighted by Crippen LogP contribution is -2.33. The first kappa shape index (κ1) is 7.84. The third-order valence-electron chi connectivity index (χ3n) is 3.11. The molecule has 2 unspecified atom stereocenters. The molecule has 0 aromatic heterocycles. The van der Waals surface area contributed by atoms with E-state index < -0.39 is 0 Å². The maximum Gasteiger partial charge on any atom is 0.246 e. The van der Waals surface area contributed by atoms with E-state index in [0.717, 1.165) is 12.5 Å². The van der Waals surface area contributed by atoms with Gasteiger partial charge in [0, 0.05) is 12.6 Å². The summed E-state index contributed by atoms with van der Waals surface area (Å²) in [5, 5.41) is 0. The summed E-state index contributed by atoms with van der Waals surface area (Å²) in [4.78, 5) is 13.4. The summed E-state index contributed by atoms with van der Waals surface area (Å²) < 4.78 is 0. The number of hydrogen-bond donors (Lipinski definition) is 0. The molecular weight excluding hydrogens is 150 g/mol. The second-order valence-corrected chi connectivity index (χ2v) is 3.88. The molecule has 0 aromatic carbocycles. The summed E-state index contributed by atoms with van der Waals surface area (Å²) in [5.41, 5.74) is 0. The van der Waals surface area contributed by atoms with Crippen LogP contribution in [0, 0.1) is 5.92 Å². The van der Waals surface area contributed by atoms with Crippen molar-refractivity contribution in [2.75, 3.05) is 6.54 Å². The minimum atomic E-state index is 0.129. The number of rotatable bonds is 1. The van der Waals surface area contributed by atoms with Crippen molar-refractivity contribution in [1.29, 1.82) is 0 Å². The number of hydrogen-bond acceptors (Lipinski definition) is 1. The maximum atomic E-state index is 11.4. The highest BCUT2D eigenvalue weighted by atomic mass is 16.2. The lowest BCUT2D eigenvalue weighted by atomic mass is 9.90. The minimum absolute atomic E-state index is 0.129. The highest BCUT2D eigenvalue weighted by molar-refractivity contribution is 5.87.